The van der Waals surface area contributed by atoms with E-state index in [1.54, 1.807) is 13.0 Å². The van der Waals surface area contributed by atoms with Crippen molar-refractivity contribution in [3.8, 4) is 6.07 Å². The highest BCUT2D eigenvalue weighted by atomic mass is 79.9. The molecule has 6 heteroatoms. The van der Waals surface area contributed by atoms with Crippen LogP contribution in [0.4, 0.5) is 0 Å². The lowest BCUT2D eigenvalue weighted by Crippen LogP contribution is -2.42. The molecule has 1 aromatic rings. The highest BCUT2D eigenvalue weighted by molar-refractivity contribution is 9.09. The van der Waals surface area contributed by atoms with Crippen LogP contribution in [-0.4, -0.2) is 19.3 Å². The summed E-state index contributed by atoms with van der Waals surface area (Å²) in [7, 11) is -3.54. The Labute approximate surface area is 128 Å². The first-order chi connectivity index (χ1) is 9.44. The average Bonchev–Trinajstić information content (AvgIpc) is 2.40. The summed E-state index contributed by atoms with van der Waals surface area (Å²) >= 11 is 3.55. The number of sulfonamides is 1. The number of hydrogen-bond donors (Lipinski definition) is 1. The lowest BCUT2D eigenvalue weighted by molar-refractivity contribution is 0.427. The Balaban J connectivity index is 2.24. The van der Waals surface area contributed by atoms with Crippen molar-refractivity contribution in [2.24, 2.45) is 0 Å². The number of hydrogen-bond acceptors (Lipinski definition) is 3. The fourth-order valence-electron chi connectivity index (χ4n) is 2.50. The first kappa shape index (κ1) is 15.5. The predicted octanol–water partition coefficient (Wildman–Crippen LogP) is 2.85. The highest BCUT2D eigenvalue weighted by Crippen LogP contribution is 2.26. The van der Waals surface area contributed by atoms with Crippen molar-refractivity contribution in [1.29, 1.82) is 5.26 Å². The molecule has 0 bridgehead atoms. The van der Waals surface area contributed by atoms with Crippen LogP contribution in [0.15, 0.2) is 23.1 Å². The smallest absolute Gasteiger partial charge is 0.207 e. The van der Waals surface area contributed by atoms with Crippen molar-refractivity contribution in [1.82, 2.24) is 4.72 Å². The minimum absolute atomic E-state index is 0.0659. The van der Waals surface area contributed by atoms with Crippen LogP contribution in [0.1, 0.15) is 36.8 Å². The first-order valence-electron chi connectivity index (χ1n) is 6.61. The number of benzene rings is 1. The van der Waals surface area contributed by atoms with Gasteiger partial charge >= 0.3 is 0 Å². The van der Waals surface area contributed by atoms with Crippen LogP contribution in [0.25, 0.3) is 0 Å². The molecule has 20 heavy (non-hydrogen) atoms. The van der Waals surface area contributed by atoms with Gasteiger partial charge in [0.1, 0.15) is 0 Å². The third kappa shape index (κ3) is 3.40. The molecular formula is C14H17BrN2O2S. The molecule has 2 rings (SSSR count). The van der Waals surface area contributed by atoms with Crippen LogP contribution < -0.4 is 4.72 Å². The summed E-state index contributed by atoms with van der Waals surface area (Å²) in [4.78, 5) is 0.437. The van der Waals surface area contributed by atoms with E-state index in [-0.39, 0.29) is 15.8 Å². The molecule has 108 valence electrons. The maximum Gasteiger partial charge on any atom is 0.241 e. The molecule has 2 unspecified atom stereocenters. The molecule has 0 heterocycles. The topological polar surface area (TPSA) is 70.0 Å². The molecule has 4 nitrogen and oxygen atoms in total. The maximum absolute atomic E-state index is 12.5. The van der Waals surface area contributed by atoms with E-state index in [1.165, 1.54) is 12.1 Å². The van der Waals surface area contributed by atoms with Crippen LogP contribution >= 0.6 is 15.9 Å². The van der Waals surface area contributed by atoms with E-state index >= 15 is 0 Å². The van der Waals surface area contributed by atoms with Gasteiger partial charge in [-0.25, -0.2) is 13.1 Å². The summed E-state index contributed by atoms with van der Waals surface area (Å²) in [6.07, 6.45) is 4.01. The summed E-state index contributed by atoms with van der Waals surface area (Å²) in [6.45, 7) is 1.71. The Hall–Kier alpha value is -0.900. The molecule has 1 aromatic carbocycles. The molecule has 1 saturated carbocycles. The Morgan fingerprint density at radius 2 is 2.05 bits per heavy atom. The molecule has 0 spiro atoms. The molecular weight excluding hydrogens is 340 g/mol. The van der Waals surface area contributed by atoms with Crippen molar-refractivity contribution in [2.45, 2.75) is 48.4 Å². The van der Waals surface area contributed by atoms with Crippen LogP contribution in [0.5, 0.6) is 0 Å². The van der Waals surface area contributed by atoms with Gasteiger partial charge in [0, 0.05) is 10.9 Å². The molecule has 1 fully saturated rings. The molecule has 1 N–H and O–H groups in total. The van der Waals surface area contributed by atoms with Crippen molar-refractivity contribution >= 4 is 26.0 Å². The summed E-state index contributed by atoms with van der Waals surface area (Å²) < 4.78 is 27.7. The van der Waals surface area contributed by atoms with Gasteiger partial charge in [0.15, 0.2) is 0 Å². The van der Waals surface area contributed by atoms with Gasteiger partial charge in [-0.05, 0) is 43.5 Å². The molecule has 2 atom stereocenters. The Morgan fingerprint density at radius 3 is 2.65 bits per heavy atom. The number of aryl methyl sites for hydroxylation is 1. The van der Waals surface area contributed by atoms with Gasteiger partial charge in [-0.2, -0.15) is 5.26 Å². The second kappa shape index (κ2) is 6.25. The molecule has 0 amide bonds. The van der Waals surface area contributed by atoms with Gasteiger partial charge in [0.05, 0.1) is 16.5 Å². The Kier molecular flexibility index (Phi) is 4.84. The lowest BCUT2D eigenvalue weighted by Gasteiger charge is -2.28. The number of rotatable bonds is 3. The van der Waals surface area contributed by atoms with E-state index in [0.29, 0.717) is 11.1 Å². The van der Waals surface area contributed by atoms with Crippen molar-refractivity contribution in [3.05, 3.63) is 29.3 Å². The molecule has 0 aromatic heterocycles. The van der Waals surface area contributed by atoms with E-state index in [9.17, 15) is 8.42 Å². The predicted molar refractivity (Wildman–Crippen MR) is 81.2 cm³/mol. The average molecular weight is 357 g/mol. The largest absolute Gasteiger partial charge is 0.241 e. The summed E-state index contributed by atoms with van der Waals surface area (Å²) in [6, 6.07) is 6.58. The molecule has 0 aliphatic heterocycles. The fourth-order valence-corrected chi connectivity index (χ4v) is 4.93. The quantitative estimate of drug-likeness (QED) is 0.846. The van der Waals surface area contributed by atoms with E-state index < -0.39 is 10.0 Å². The molecule has 1 aliphatic rings. The number of nitrogens with one attached hydrogen (secondary N) is 1. The van der Waals surface area contributed by atoms with Gasteiger partial charge in [-0.15, -0.1) is 0 Å². The van der Waals surface area contributed by atoms with Crippen LogP contribution in [0.2, 0.25) is 0 Å². The minimum Gasteiger partial charge on any atom is -0.207 e. The van der Waals surface area contributed by atoms with Gasteiger partial charge in [-0.1, -0.05) is 28.8 Å². The SMILES string of the molecule is Cc1cc(C#N)ccc1S(=O)(=O)NC1CCCCC1Br. The third-order valence-electron chi connectivity index (χ3n) is 3.58. The zero-order valence-corrected chi connectivity index (χ0v) is 13.7. The fraction of sp³-hybridized carbons (Fsp3) is 0.500. The lowest BCUT2D eigenvalue weighted by atomic mass is 9.96. The van der Waals surface area contributed by atoms with E-state index in [2.05, 4.69) is 20.7 Å². The van der Waals surface area contributed by atoms with Crippen LogP contribution in [-0.2, 0) is 10.0 Å². The van der Waals surface area contributed by atoms with Crippen LogP contribution in [0, 0.1) is 18.3 Å². The number of alkyl halides is 1. The van der Waals surface area contributed by atoms with E-state index in [4.69, 9.17) is 5.26 Å². The van der Waals surface area contributed by atoms with Gasteiger partial charge in [-0.3, -0.25) is 0 Å². The maximum atomic E-state index is 12.5. The second-order valence-electron chi connectivity index (χ2n) is 5.12. The zero-order valence-electron chi connectivity index (χ0n) is 11.3. The second-order valence-corrected chi connectivity index (χ2v) is 7.98. The zero-order chi connectivity index (χ0) is 14.8. The highest BCUT2D eigenvalue weighted by Gasteiger charge is 2.28. The third-order valence-corrected chi connectivity index (χ3v) is 6.33. The molecule has 0 saturated heterocycles. The van der Waals surface area contributed by atoms with Crippen LogP contribution in [0.3, 0.4) is 0 Å². The first-order valence-corrected chi connectivity index (χ1v) is 9.01. The summed E-state index contributed by atoms with van der Waals surface area (Å²) in [5.41, 5.74) is 1.07. The van der Waals surface area contributed by atoms with E-state index in [0.717, 1.165) is 25.7 Å². The van der Waals surface area contributed by atoms with Gasteiger partial charge < -0.3 is 0 Å². The normalized spacial score (nSPS) is 23.2. The summed E-state index contributed by atoms with van der Waals surface area (Å²) in [5, 5.41) is 8.83. The standard InChI is InChI=1S/C14H17BrN2O2S/c1-10-8-11(9-16)6-7-14(10)20(18,19)17-13-5-3-2-4-12(13)15/h6-8,12-13,17H,2-5H2,1H3. The molecule has 1 aliphatic carbocycles. The number of nitrogens with zero attached hydrogens (tertiary/aromatic N) is 1. The van der Waals surface area contributed by atoms with Crippen molar-refractivity contribution in [2.75, 3.05) is 0 Å². The van der Waals surface area contributed by atoms with Gasteiger partial charge in [0.25, 0.3) is 0 Å². The summed E-state index contributed by atoms with van der Waals surface area (Å²) in [5.74, 6) is 0. The minimum atomic E-state index is -3.54. The van der Waals surface area contributed by atoms with Crippen molar-refractivity contribution in [3.63, 3.8) is 0 Å². The number of halogens is 1. The Bertz CT molecular complexity index is 637. The van der Waals surface area contributed by atoms with Crippen molar-refractivity contribution < 1.29 is 8.42 Å². The van der Waals surface area contributed by atoms with Gasteiger partial charge in [0.2, 0.25) is 10.0 Å². The monoisotopic (exact) mass is 356 g/mol. The number of nitriles is 1. The van der Waals surface area contributed by atoms with E-state index in [1.807, 2.05) is 6.07 Å². The Morgan fingerprint density at radius 1 is 1.35 bits per heavy atom. The molecule has 0 radical (unpaired) electrons.